The van der Waals surface area contributed by atoms with E-state index in [0.29, 0.717) is 33.5 Å². The highest BCUT2D eigenvalue weighted by Crippen LogP contribution is 2.37. The lowest BCUT2D eigenvalue weighted by Gasteiger charge is -2.15. The standard InChI is InChI=1S/C30H18F3N5O2S/c31-30(32,33)22-12-5-10-19-16-21(28(39)17-7-2-1-3-8-17)25(36-26(19)22)18-9-4-11-20(15-18)34-29(40)35-23-13-6-14-24-27(23)38-41-37-24/h1-16H,(H2,34,35,40). The van der Waals surface area contributed by atoms with Gasteiger partial charge in [0.2, 0.25) is 0 Å². The zero-order valence-electron chi connectivity index (χ0n) is 20.9. The van der Waals surface area contributed by atoms with Crippen LogP contribution in [0.25, 0.3) is 33.2 Å². The molecular formula is C30H18F3N5O2S. The van der Waals surface area contributed by atoms with E-state index in [1.165, 1.54) is 18.2 Å². The van der Waals surface area contributed by atoms with Gasteiger partial charge in [0.15, 0.2) is 5.78 Å². The van der Waals surface area contributed by atoms with Crippen LogP contribution in [0.3, 0.4) is 0 Å². The zero-order valence-corrected chi connectivity index (χ0v) is 21.8. The predicted molar refractivity (Wildman–Crippen MR) is 152 cm³/mol. The Morgan fingerprint density at radius 3 is 2.34 bits per heavy atom. The third kappa shape index (κ3) is 5.22. The minimum atomic E-state index is -4.65. The number of rotatable bonds is 5. The summed E-state index contributed by atoms with van der Waals surface area (Å²) in [7, 11) is 0. The third-order valence-corrected chi connectivity index (χ3v) is 6.90. The largest absolute Gasteiger partial charge is 0.418 e. The molecule has 6 aromatic rings. The van der Waals surface area contributed by atoms with Gasteiger partial charge < -0.3 is 10.6 Å². The van der Waals surface area contributed by atoms with Crippen molar-refractivity contribution < 1.29 is 22.8 Å². The van der Waals surface area contributed by atoms with Crippen molar-refractivity contribution >= 4 is 56.9 Å². The number of ketones is 1. The van der Waals surface area contributed by atoms with Gasteiger partial charge in [-0.1, -0.05) is 60.7 Å². The first kappa shape index (κ1) is 26.1. The lowest BCUT2D eigenvalue weighted by Crippen LogP contribution is -2.19. The molecule has 0 aliphatic rings. The maximum atomic E-state index is 13.9. The summed E-state index contributed by atoms with van der Waals surface area (Å²) in [6.07, 6.45) is -4.65. The number of urea groups is 1. The molecule has 0 unspecified atom stereocenters. The minimum absolute atomic E-state index is 0.0606. The van der Waals surface area contributed by atoms with E-state index in [2.05, 4.69) is 24.4 Å². The van der Waals surface area contributed by atoms with E-state index < -0.39 is 23.6 Å². The molecule has 0 bridgehead atoms. The molecule has 0 radical (unpaired) electrons. The van der Waals surface area contributed by atoms with E-state index in [1.54, 1.807) is 72.8 Å². The molecule has 0 saturated heterocycles. The van der Waals surface area contributed by atoms with Crippen LogP contribution in [0.1, 0.15) is 21.5 Å². The molecule has 0 aliphatic heterocycles. The highest BCUT2D eigenvalue weighted by Gasteiger charge is 2.34. The molecule has 6 rings (SSSR count). The van der Waals surface area contributed by atoms with Gasteiger partial charge in [0.1, 0.15) is 11.0 Å². The Morgan fingerprint density at radius 2 is 1.54 bits per heavy atom. The molecule has 0 saturated carbocycles. The molecule has 0 spiro atoms. The van der Waals surface area contributed by atoms with Crippen LogP contribution in [-0.2, 0) is 6.18 Å². The van der Waals surface area contributed by atoms with Gasteiger partial charge in [0.05, 0.1) is 34.2 Å². The van der Waals surface area contributed by atoms with Crippen molar-refractivity contribution in [2.75, 3.05) is 10.6 Å². The monoisotopic (exact) mass is 569 g/mol. The Balaban J connectivity index is 1.41. The smallest absolute Gasteiger partial charge is 0.308 e. The molecule has 2 heterocycles. The predicted octanol–water partition coefficient (Wildman–Crippen LogP) is 7.80. The number of fused-ring (bicyclic) bond motifs is 2. The fraction of sp³-hybridized carbons (Fsp3) is 0.0333. The Kier molecular flexibility index (Phi) is 6.64. The molecule has 0 aliphatic carbocycles. The number of pyridine rings is 1. The summed E-state index contributed by atoms with van der Waals surface area (Å²) in [6, 6.07) is 24.7. The van der Waals surface area contributed by atoms with Crippen LogP contribution in [0.2, 0.25) is 0 Å². The number of nitrogens with zero attached hydrogens (tertiary/aromatic N) is 3. The van der Waals surface area contributed by atoms with Gasteiger partial charge in [-0.2, -0.15) is 21.9 Å². The number of para-hydroxylation sites is 1. The number of carbonyl (C=O) groups is 2. The second-order valence-corrected chi connectivity index (χ2v) is 9.58. The van der Waals surface area contributed by atoms with Crippen molar-refractivity contribution in [2.24, 2.45) is 0 Å². The fourth-order valence-electron chi connectivity index (χ4n) is 4.50. The number of benzene rings is 4. The molecule has 41 heavy (non-hydrogen) atoms. The van der Waals surface area contributed by atoms with Crippen LogP contribution in [0, 0.1) is 0 Å². The van der Waals surface area contributed by atoms with Gasteiger partial charge in [0.25, 0.3) is 0 Å². The third-order valence-electron chi connectivity index (χ3n) is 6.36. The van der Waals surface area contributed by atoms with E-state index >= 15 is 0 Å². The summed E-state index contributed by atoms with van der Waals surface area (Å²) in [6.45, 7) is 0. The fourth-order valence-corrected chi connectivity index (χ4v) is 5.05. The van der Waals surface area contributed by atoms with Gasteiger partial charge in [0, 0.05) is 27.8 Å². The molecule has 0 atom stereocenters. The van der Waals surface area contributed by atoms with Crippen molar-refractivity contribution in [1.82, 2.24) is 13.7 Å². The van der Waals surface area contributed by atoms with E-state index in [1.807, 2.05) is 0 Å². The van der Waals surface area contributed by atoms with E-state index in [4.69, 9.17) is 0 Å². The SMILES string of the molecule is O=C(Nc1cccc(-c2nc3c(C(F)(F)F)cccc3cc2C(=O)c2ccccc2)c1)Nc1cccc2nsnc12. The molecule has 2 amide bonds. The number of hydrogen-bond acceptors (Lipinski definition) is 6. The van der Waals surface area contributed by atoms with Gasteiger partial charge in [-0.05, 0) is 36.4 Å². The second-order valence-electron chi connectivity index (χ2n) is 9.05. The van der Waals surface area contributed by atoms with Gasteiger partial charge >= 0.3 is 12.2 Å². The van der Waals surface area contributed by atoms with Crippen molar-refractivity contribution in [3.63, 3.8) is 0 Å². The number of halogens is 3. The molecule has 202 valence electrons. The summed E-state index contributed by atoms with van der Waals surface area (Å²) >= 11 is 1.03. The van der Waals surface area contributed by atoms with Crippen LogP contribution >= 0.6 is 11.7 Å². The first-order chi connectivity index (χ1) is 19.8. The first-order valence-electron chi connectivity index (χ1n) is 12.3. The van der Waals surface area contributed by atoms with Crippen LogP contribution in [0.4, 0.5) is 29.3 Å². The van der Waals surface area contributed by atoms with E-state index in [-0.39, 0.29) is 22.2 Å². The number of nitrogens with one attached hydrogen (secondary N) is 2. The summed E-state index contributed by atoms with van der Waals surface area (Å²) in [5.41, 5.74) is 1.72. The maximum Gasteiger partial charge on any atom is 0.418 e. The quantitative estimate of drug-likeness (QED) is 0.207. The van der Waals surface area contributed by atoms with Crippen LogP contribution in [0.5, 0.6) is 0 Å². The van der Waals surface area contributed by atoms with Gasteiger partial charge in [-0.3, -0.25) is 4.79 Å². The summed E-state index contributed by atoms with van der Waals surface area (Å²) < 4.78 is 50.0. The average molecular weight is 570 g/mol. The van der Waals surface area contributed by atoms with Crippen molar-refractivity contribution in [1.29, 1.82) is 0 Å². The highest BCUT2D eigenvalue weighted by molar-refractivity contribution is 7.00. The minimum Gasteiger partial charge on any atom is -0.308 e. The maximum absolute atomic E-state index is 13.9. The summed E-state index contributed by atoms with van der Waals surface area (Å²) in [5, 5.41) is 5.64. The number of carbonyl (C=O) groups excluding carboxylic acids is 2. The second kappa shape index (κ2) is 10.4. The van der Waals surface area contributed by atoms with Crippen LogP contribution < -0.4 is 10.6 Å². The van der Waals surface area contributed by atoms with E-state index in [9.17, 15) is 22.8 Å². The summed E-state index contributed by atoms with van der Waals surface area (Å²) in [4.78, 5) is 30.8. The number of alkyl halides is 3. The molecule has 4 aromatic carbocycles. The van der Waals surface area contributed by atoms with Crippen molar-refractivity contribution in [3.05, 3.63) is 114 Å². The van der Waals surface area contributed by atoms with Crippen LogP contribution in [-0.4, -0.2) is 25.5 Å². The Morgan fingerprint density at radius 1 is 0.756 bits per heavy atom. The molecule has 7 nitrogen and oxygen atoms in total. The van der Waals surface area contributed by atoms with Gasteiger partial charge in [-0.15, -0.1) is 0 Å². The Hall–Kier alpha value is -5.16. The van der Waals surface area contributed by atoms with E-state index in [0.717, 1.165) is 17.8 Å². The van der Waals surface area contributed by atoms with Crippen molar-refractivity contribution in [2.45, 2.75) is 6.18 Å². The molecule has 11 heteroatoms. The summed E-state index contributed by atoms with van der Waals surface area (Å²) in [5.74, 6) is -0.395. The Labute approximate surface area is 235 Å². The highest BCUT2D eigenvalue weighted by atomic mass is 32.1. The molecule has 2 N–H and O–H groups in total. The number of hydrogen-bond donors (Lipinski definition) is 2. The van der Waals surface area contributed by atoms with Crippen molar-refractivity contribution in [3.8, 4) is 11.3 Å². The average Bonchev–Trinajstić information content (AvgIpc) is 3.46. The van der Waals surface area contributed by atoms with Gasteiger partial charge in [-0.25, -0.2) is 9.78 Å². The normalized spacial score (nSPS) is 11.5. The number of amides is 2. The lowest BCUT2D eigenvalue weighted by molar-refractivity contribution is -0.136. The molecular weight excluding hydrogens is 551 g/mol. The number of aromatic nitrogens is 3. The topological polar surface area (TPSA) is 96.9 Å². The van der Waals surface area contributed by atoms with Crippen LogP contribution in [0.15, 0.2) is 97.1 Å². The first-order valence-corrected chi connectivity index (χ1v) is 13.0. The zero-order chi connectivity index (χ0) is 28.6. The number of anilines is 2. The molecule has 0 fully saturated rings. The lowest BCUT2D eigenvalue weighted by atomic mass is 9.95. The molecule has 2 aromatic heterocycles. The Bertz CT molecular complexity index is 1940.